The van der Waals surface area contributed by atoms with E-state index in [1.165, 1.54) is 6.07 Å². The third-order valence-corrected chi connectivity index (χ3v) is 3.65. The molecule has 0 atom stereocenters. The van der Waals surface area contributed by atoms with Gasteiger partial charge >= 0.3 is 0 Å². The highest BCUT2D eigenvalue weighted by atomic mass is 127. The molecule has 0 radical (unpaired) electrons. The molecule has 0 aliphatic rings. The van der Waals surface area contributed by atoms with Gasteiger partial charge in [0.25, 0.3) is 0 Å². The van der Waals surface area contributed by atoms with Crippen molar-refractivity contribution in [1.29, 1.82) is 0 Å². The molecule has 0 aliphatic heterocycles. The predicted molar refractivity (Wildman–Crippen MR) is 83.7 cm³/mol. The third-order valence-electron chi connectivity index (χ3n) is 2.93. The third kappa shape index (κ3) is 2.87. The summed E-state index contributed by atoms with van der Waals surface area (Å²) < 4.78 is 16.4. The molecule has 1 heterocycles. The fourth-order valence-corrected chi connectivity index (χ4v) is 2.26. The lowest BCUT2D eigenvalue weighted by Crippen LogP contribution is -2.02. The molecule has 0 unspecified atom stereocenters. The second-order valence-corrected chi connectivity index (χ2v) is 5.61. The number of aromatic nitrogens is 3. The average Bonchev–Trinajstić information content (AvgIpc) is 2.91. The highest BCUT2D eigenvalue weighted by Crippen LogP contribution is 2.16. The Labute approximate surface area is 129 Å². The standard InChI is InChI=1S/C15H11FIN3/c16-14-4-2-1-3-12(14)9-20-10-18-15(19-20)11-5-7-13(17)8-6-11/h1-8,10H,9H2. The molecule has 100 valence electrons. The van der Waals surface area contributed by atoms with Crippen LogP contribution in [0.1, 0.15) is 5.56 Å². The van der Waals surface area contributed by atoms with E-state index in [0.717, 1.165) is 9.13 Å². The van der Waals surface area contributed by atoms with Crippen molar-refractivity contribution in [2.45, 2.75) is 6.54 Å². The van der Waals surface area contributed by atoms with Crippen LogP contribution in [0.25, 0.3) is 11.4 Å². The van der Waals surface area contributed by atoms with E-state index in [1.807, 2.05) is 30.3 Å². The van der Waals surface area contributed by atoms with Gasteiger partial charge in [0.2, 0.25) is 0 Å². The maximum absolute atomic E-state index is 13.6. The highest BCUT2D eigenvalue weighted by molar-refractivity contribution is 14.1. The quantitative estimate of drug-likeness (QED) is 0.650. The van der Waals surface area contributed by atoms with Crippen LogP contribution in [0.4, 0.5) is 4.39 Å². The summed E-state index contributed by atoms with van der Waals surface area (Å²) in [4.78, 5) is 4.27. The van der Waals surface area contributed by atoms with Gasteiger partial charge in [-0.05, 0) is 40.8 Å². The molecule has 0 saturated heterocycles. The molecule has 1 aromatic heterocycles. The molecular weight excluding hydrogens is 368 g/mol. The minimum atomic E-state index is -0.223. The fraction of sp³-hybridized carbons (Fsp3) is 0.0667. The van der Waals surface area contributed by atoms with Crippen LogP contribution >= 0.6 is 22.6 Å². The molecular formula is C15H11FIN3. The zero-order valence-corrected chi connectivity index (χ0v) is 12.7. The Morgan fingerprint density at radius 1 is 1.05 bits per heavy atom. The van der Waals surface area contributed by atoms with Gasteiger partial charge in [-0.2, -0.15) is 5.10 Å². The summed E-state index contributed by atoms with van der Waals surface area (Å²) in [5.41, 5.74) is 1.56. The Morgan fingerprint density at radius 3 is 2.55 bits per heavy atom. The molecule has 0 N–H and O–H groups in total. The van der Waals surface area contributed by atoms with E-state index in [1.54, 1.807) is 23.1 Å². The summed E-state index contributed by atoms with van der Waals surface area (Å²) in [6.45, 7) is 0.379. The van der Waals surface area contributed by atoms with Crippen LogP contribution in [-0.2, 0) is 6.54 Å². The van der Waals surface area contributed by atoms with E-state index < -0.39 is 0 Å². The van der Waals surface area contributed by atoms with Crippen LogP contribution in [0.2, 0.25) is 0 Å². The first kappa shape index (κ1) is 13.2. The van der Waals surface area contributed by atoms with E-state index >= 15 is 0 Å². The largest absolute Gasteiger partial charge is 0.248 e. The summed E-state index contributed by atoms with van der Waals surface area (Å²) in [5.74, 6) is 0.427. The van der Waals surface area contributed by atoms with Crippen molar-refractivity contribution in [2.75, 3.05) is 0 Å². The van der Waals surface area contributed by atoms with Gasteiger partial charge in [0.1, 0.15) is 12.1 Å². The van der Waals surface area contributed by atoms with E-state index in [2.05, 4.69) is 32.7 Å². The number of hydrogen-bond acceptors (Lipinski definition) is 2. The van der Waals surface area contributed by atoms with Crippen LogP contribution in [-0.4, -0.2) is 14.8 Å². The molecule has 0 fully saturated rings. The van der Waals surface area contributed by atoms with Gasteiger partial charge in [0.15, 0.2) is 5.82 Å². The Hall–Kier alpha value is -1.76. The molecule has 3 rings (SSSR count). The predicted octanol–water partition coefficient (Wildman–Crippen LogP) is 3.74. The zero-order chi connectivity index (χ0) is 13.9. The first-order valence-electron chi connectivity index (χ1n) is 6.11. The normalized spacial score (nSPS) is 10.7. The van der Waals surface area contributed by atoms with Crippen LogP contribution in [0.15, 0.2) is 54.9 Å². The van der Waals surface area contributed by atoms with Crippen molar-refractivity contribution in [3.05, 3.63) is 69.8 Å². The minimum Gasteiger partial charge on any atom is -0.248 e. The summed E-state index contributed by atoms with van der Waals surface area (Å²) in [6.07, 6.45) is 1.62. The topological polar surface area (TPSA) is 30.7 Å². The van der Waals surface area contributed by atoms with Crippen molar-refractivity contribution in [2.24, 2.45) is 0 Å². The number of benzene rings is 2. The van der Waals surface area contributed by atoms with Crippen molar-refractivity contribution < 1.29 is 4.39 Å². The maximum atomic E-state index is 13.6. The van der Waals surface area contributed by atoms with Crippen molar-refractivity contribution in [3.8, 4) is 11.4 Å². The summed E-state index contributed by atoms with van der Waals surface area (Å²) >= 11 is 2.25. The van der Waals surface area contributed by atoms with Crippen LogP contribution in [0, 0.1) is 9.39 Å². The average molecular weight is 379 g/mol. The van der Waals surface area contributed by atoms with Crippen LogP contribution in [0.5, 0.6) is 0 Å². The number of nitrogens with zero attached hydrogens (tertiary/aromatic N) is 3. The molecule has 0 spiro atoms. The van der Waals surface area contributed by atoms with Gasteiger partial charge in [-0.15, -0.1) is 0 Å². The molecule has 3 nitrogen and oxygen atoms in total. The Morgan fingerprint density at radius 2 is 1.80 bits per heavy atom. The lowest BCUT2D eigenvalue weighted by molar-refractivity contribution is 0.585. The van der Waals surface area contributed by atoms with E-state index in [0.29, 0.717) is 17.9 Å². The lowest BCUT2D eigenvalue weighted by Gasteiger charge is -2.02. The smallest absolute Gasteiger partial charge is 0.181 e. The highest BCUT2D eigenvalue weighted by Gasteiger charge is 2.06. The van der Waals surface area contributed by atoms with Crippen LogP contribution in [0.3, 0.4) is 0 Å². The second kappa shape index (κ2) is 5.70. The Balaban J connectivity index is 1.84. The van der Waals surface area contributed by atoms with Crippen LogP contribution < -0.4 is 0 Å². The second-order valence-electron chi connectivity index (χ2n) is 4.36. The zero-order valence-electron chi connectivity index (χ0n) is 10.5. The molecule has 3 aromatic rings. The summed E-state index contributed by atoms with van der Waals surface area (Å²) in [5, 5.41) is 4.38. The fourth-order valence-electron chi connectivity index (χ4n) is 1.90. The molecule has 2 aromatic carbocycles. The van der Waals surface area contributed by atoms with Crippen molar-refractivity contribution in [3.63, 3.8) is 0 Å². The molecule has 0 bridgehead atoms. The van der Waals surface area contributed by atoms with Gasteiger partial charge in [-0.25, -0.2) is 14.1 Å². The van der Waals surface area contributed by atoms with Gasteiger partial charge in [0.05, 0.1) is 6.54 Å². The van der Waals surface area contributed by atoms with Crippen molar-refractivity contribution in [1.82, 2.24) is 14.8 Å². The van der Waals surface area contributed by atoms with E-state index in [4.69, 9.17) is 0 Å². The Bertz CT molecular complexity index is 722. The summed E-state index contributed by atoms with van der Waals surface area (Å²) in [7, 11) is 0. The number of hydrogen-bond donors (Lipinski definition) is 0. The van der Waals surface area contributed by atoms with Gasteiger partial charge in [0, 0.05) is 14.7 Å². The van der Waals surface area contributed by atoms with Gasteiger partial charge in [-0.3, -0.25) is 0 Å². The van der Waals surface area contributed by atoms with Gasteiger partial charge < -0.3 is 0 Å². The SMILES string of the molecule is Fc1ccccc1Cn1cnc(-c2ccc(I)cc2)n1. The summed E-state index contributed by atoms with van der Waals surface area (Å²) in [6, 6.07) is 14.7. The monoisotopic (exact) mass is 379 g/mol. The van der Waals surface area contributed by atoms with Gasteiger partial charge in [-0.1, -0.05) is 30.3 Å². The number of halogens is 2. The van der Waals surface area contributed by atoms with Crippen molar-refractivity contribution >= 4 is 22.6 Å². The maximum Gasteiger partial charge on any atom is 0.181 e. The Kier molecular flexibility index (Phi) is 3.77. The van der Waals surface area contributed by atoms with E-state index in [-0.39, 0.29) is 5.82 Å². The van der Waals surface area contributed by atoms with E-state index in [9.17, 15) is 4.39 Å². The molecule has 5 heteroatoms. The molecule has 0 aliphatic carbocycles. The molecule has 0 amide bonds. The number of rotatable bonds is 3. The lowest BCUT2D eigenvalue weighted by atomic mass is 10.2. The molecule has 20 heavy (non-hydrogen) atoms. The first-order chi connectivity index (χ1) is 9.72. The first-order valence-corrected chi connectivity index (χ1v) is 7.19. The molecule has 0 saturated carbocycles. The minimum absolute atomic E-state index is 0.223.